The maximum absolute atomic E-state index is 11.5. The Morgan fingerprint density at radius 3 is 2.54 bits per heavy atom. The van der Waals surface area contributed by atoms with Crippen molar-refractivity contribution in [2.24, 2.45) is 0 Å². The van der Waals surface area contributed by atoms with Crippen molar-refractivity contribution in [3.8, 4) is 0 Å². The molecule has 0 aromatic rings. The third-order valence-electron chi connectivity index (χ3n) is 3.07. The van der Waals surface area contributed by atoms with Gasteiger partial charge in [0.25, 0.3) is 11.8 Å². The molecule has 0 bridgehead atoms. The number of ether oxygens (including phenoxy) is 2. The zero-order valence-corrected chi connectivity index (χ0v) is 14.4. The molecule has 0 saturated heterocycles. The lowest BCUT2D eigenvalue weighted by atomic mass is 10.3. The number of esters is 1. The zero-order chi connectivity index (χ0) is 17.8. The lowest BCUT2D eigenvalue weighted by Crippen LogP contribution is -2.31. The molecule has 24 heavy (non-hydrogen) atoms. The number of carbonyl (C=O) groups is 4. The second-order valence-electron chi connectivity index (χ2n) is 4.87. The number of nitrogens with zero attached hydrogens (tertiary/aromatic N) is 1. The first-order valence-electron chi connectivity index (χ1n) is 7.63. The average molecular weight is 358 g/mol. The Morgan fingerprint density at radius 2 is 1.88 bits per heavy atom. The molecule has 1 aliphatic heterocycles. The van der Waals surface area contributed by atoms with Crippen molar-refractivity contribution >= 4 is 35.6 Å². The molecule has 1 heterocycles. The topological polar surface area (TPSA) is 102 Å². The molecule has 0 radical (unpaired) electrons. The fraction of sp³-hybridized carbons (Fsp3) is 0.600. The third-order valence-corrected chi connectivity index (χ3v) is 4.11. The molecule has 3 amide bonds. The third kappa shape index (κ3) is 8.00. The highest BCUT2D eigenvalue weighted by Crippen LogP contribution is 2.06. The van der Waals surface area contributed by atoms with Gasteiger partial charge in [-0.05, 0) is 18.6 Å². The molecule has 0 unspecified atom stereocenters. The highest BCUT2D eigenvalue weighted by Gasteiger charge is 2.22. The SMILES string of the molecule is COC(=O)NCCCSCCOC(=O)CCCN1C(=O)C=CC1=O. The summed E-state index contributed by atoms with van der Waals surface area (Å²) in [6.07, 6.45) is 3.37. The first kappa shape index (κ1) is 20.0. The molecule has 0 aliphatic carbocycles. The predicted molar refractivity (Wildman–Crippen MR) is 88.4 cm³/mol. The van der Waals surface area contributed by atoms with Crippen molar-refractivity contribution in [3.63, 3.8) is 0 Å². The Balaban J connectivity index is 1.92. The van der Waals surface area contributed by atoms with Gasteiger partial charge < -0.3 is 14.8 Å². The van der Waals surface area contributed by atoms with Crippen LogP contribution in [0.4, 0.5) is 4.79 Å². The molecule has 0 saturated carbocycles. The number of rotatable bonds is 11. The van der Waals surface area contributed by atoms with Crippen molar-refractivity contribution in [3.05, 3.63) is 12.2 Å². The number of imide groups is 1. The summed E-state index contributed by atoms with van der Waals surface area (Å²) in [5.41, 5.74) is 0. The van der Waals surface area contributed by atoms with Crippen molar-refractivity contribution in [1.82, 2.24) is 10.2 Å². The molecule has 0 aromatic carbocycles. The van der Waals surface area contributed by atoms with Gasteiger partial charge in [0.2, 0.25) is 0 Å². The molecule has 0 aromatic heterocycles. The van der Waals surface area contributed by atoms with Gasteiger partial charge in [-0.1, -0.05) is 0 Å². The molecule has 134 valence electrons. The summed E-state index contributed by atoms with van der Waals surface area (Å²) in [5.74, 6) is 0.498. The lowest BCUT2D eigenvalue weighted by Gasteiger charge is -2.12. The van der Waals surface area contributed by atoms with Gasteiger partial charge in [0.15, 0.2) is 0 Å². The maximum atomic E-state index is 11.5. The van der Waals surface area contributed by atoms with E-state index in [1.54, 1.807) is 11.8 Å². The summed E-state index contributed by atoms with van der Waals surface area (Å²) >= 11 is 1.62. The summed E-state index contributed by atoms with van der Waals surface area (Å²) < 4.78 is 9.51. The van der Waals surface area contributed by atoms with Crippen LogP contribution in [0, 0.1) is 0 Å². The predicted octanol–water partition coefficient (Wildman–Crippen LogP) is 0.714. The van der Waals surface area contributed by atoms with Gasteiger partial charge in [0, 0.05) is 37.4 Å². The van der Waals surface area contributed by atoms with E-state index in [0.29, 0.717) is 25.3 Å². The molecular weight excluding hydrogens is 336 g/mol. The van der Waals surface area contributed by atoms with Gasteiger partial charge in [0.1, 0.15) is 6.61 Å². The van der Waals surface area contributed by atoms with Gasteiger partial charge in [-0.2, -0.15) is 11.8 Å². The van der Waals surface area contributed by atoms with Crippen LogP contribution in [0.3, 0.4) is 0 Å². The quantitative estimate of drug-likeness (QED) is 0.330. The van der Waals surface area contributed by atoms with E-state index < -0.39 is 6.09 Å². The number of hydrogen-bond donors (Lipinski definition) is 1. The van der Waals surface area contributed by atoms with E-state index in [4.69, 9.17) is 4.74 Å². The van der Waals surface area contributed by atoms with Crippen molar-refractivity contribution < 1.29 is 28.7 Å². The fourth-order valence-electron chi connectivity index (χ4n) is 1.86. The van der Waals surface area contributed by atoms with Gasteiger partial charge >= 0.3 is 12.1 Å². The van der Waals surface area contributed by atoms with Gasteiger partial charge in [-0.15, -0.1) is 0 Å². The number of alkyl carbamates (subject to hydrolysis) is 1. The molecule has 1 rings (SSSR count). The highest BCUT2D eigenvalue weighted by atomic mass is 32.2. The minimum atomic E-state index is -0.443. The minimum Gasteiger partial charge on any atom is -0.465 e. The number of hydrogen-bond acceptors (Lipinski definition) is 7. The fourth-order valence-corrected chi connectivity index (χ4v) is 2.61. The first-order valence-corrected chi connectivity index (χ1v) is 8.78. The van der Waals surface area contributed by atoms with Crippen LogP contribution in [0.5, 0.6) is 0 Å². The van der Waals surface area contributed by atoms with E-state index in [0.717, 1.165) is 17.1 Å². The normalized spacial score (nSPS) is 13.3. The minimum absolute atomic E-state index is 0.171. The van der Waals surface area contributed by atoms with Crippen LogP contribution in [0.25, 0.3) is 0 Å². The molecular formula is C15H22N2O6S. The Bertz CT molecular complexity index is 476. The summed E-state index contributed by atoms with van der Waals surface area (Å²) in [6.45, 7) is 1.08. The summed E-state index contributed by atoms with van der Waals surface area (Å²) in [5, 5.41) is 2.58. The van der Waals surface area contributed by atoms with Crippen LogP contribution in [0.15, 0.2) is 12.2 Å². The molecule has 9 heteroatoms. The van der Waals surface area contributed by atoms with Crippen LogP contribution in [0.1, 0.15) is 19.3 Å². The second kappa shape index (κ2) is 11.5. The van der Waals surface area contributed by atoms with E-state index >= 15 is 0 Å². The van der Waals surface area contributed by atoms with Crippen molar-refractivity contribution in [2.75, 3.05) is 38.3 Å². The van der Waals surface area contributed by atoms with Crippen LogP contribution in [-0.4, -0.2) is 67.1 Å². The van der Waals surface area contributed by atoms with E-state index in [-0.39, 0.29) is 30.7 Å². The Morgan fingerprint density at radius 1 is 1.17 bits per heavy atom. The number of carbonyl (C=O) groups excluding carboxylic acids is 4. The molecule has 8 nitrogen and oxygen atoms in total. The highest BCUT2D eigenvalue weighted by molar-refractivity contribution is 7.99. The molecule has 0 spiro atoms. The number of thioether (sulfide) groups is 1. The van der Waals surface area contributed by atoms with Crippen molar-refractivity contribution in [2.45, 2.75) is 19.3 Å². The summed E-state index contributed by atoms with van der Waals surface area (Å²) in [4.78, 5) is 46.0. The second-order valence-corrected chi connectivity index (χ2v) is 6.09. The van der Waals surface area contributed by atoms with E-state index in [1.807, 2.05) is 0 Å². The van der Waals surface area contributed by atoms with Crippen LogP contribution in [-0.2, 0) is 23.9 Å². The van der Waals surface area contributed by atoms with E-state index in [9.17, 15) is 19.2 Å². The standard InChI is InChI=1S/C15H22N2O6S/c1-22-15(21)16-7-3-10-24-11-9-23-14(20)4-2-8-17-12(18)5-6-13(17)19/h5-6H,2-4,7-11H2,1H3,(H,16,21). The van der Waals surface area contributed by atoms with Gasteiger partial charge in [-0.25, -0.2) is 4.79 Å². The summed E-state index contributed by atoms with van der Waals surface area (Å²) in [6, 6.07) is 0. The molecule has 1 N–H and O–H groups in total. The first-order chi connectivity index (χ1) is 11.5. The molecule has 0 atom stereocenters. The monoisotopic (exact) mass is 358 g/mol. The number of amides is 3. The van der Waals surface area contributed by atoms with E-state index in [2.05, 4.69) is 10.1 Å². The number of nitrogens with one attached hydrogen (secondary N) is 1. The maximum Gasteiger partial charge on any atom is 0.406 e. The van der Waals surface area contributed by atoms with Crippen LogP contribution >= 0.6 is 11.8 Å². The average Bonchev–Trinajstić information content (AvgIpc) is 2.88. The van der Waals surface area contributed by atoms with Gasteiger partial charge in [0.05, 0.1) is 7.11 Å². The Hall–Kier alpha value is -2.03. The summed E-state index contributed by atoms with van der Waals surface area (Å²) in [7, 11) is 1.32. The number of methoxy groups -OCH3 is 1. The van der Waals surface area contributed by atoms with E-state index in [1.165, 1.54) is 19.3 Å². The van der Waals surface area contributed by atoms with Crippen molar-refractivity contribution in [1.29, 1.82) is 0 Å². The van der Waals surface area contributed by atoms with Crippen LogP contribution in [0.2, 0.25) is 0 Å². The Kier molecular flexibility index (Phi) is 9.59. The van der Waals surface area contributed by atoms with Gasteiger partial charge in [-0.3, -0.25) is 19.3 Å². The molecule has 1 aliphatic rings. The Labute approximate surface area is 144 Å². The van der Waals surface area contributed by atoms with Crippen LogP contribution < -0.4 is 5.32 Å². The smallest absolute Gasteiger partial charge is 0.406 e. The molecule has 0 fully saturated rings. The lowest BCUT2D eigenvalue weighted by molar-refractivity contribution is -0.144. The largest absolute Gasteiger partial charge is 0.465 e. The zero-order valence-electron chi connectivity index (χ0n) is 13.6.